The van der Waals surface area contributed by atoms with Crippen LogP contribution in [0, 0.1) is 10.1 Å². The average molecular weight is 689 g/mol. The van der Waals surface area contributed by atoms with E-state index in [9.17, 15) is 19.7 Å². The van der Waals surface area contributed by atoms with Gasteiger partial charge in [-0.05, 0) is 55.8 Å². The number of allylic oxidation sites excluding steroid dienone is 1. The molecule has 0 fully saturated rings. The molecule has 1 unspecified atom stereocenters. The van der Waals surface area contributed by atoms with E-state index in [1.165, 1.54) is 43.1 Å². The lowest BCUT2D eigenvalue weighted by molar-refractivity contribution is -0.384. The van der Waals surface area contributed by atoms with E-state index in [1.807, 2.05) is 0 Å². The summed E-state index contributed by atoms with van der Waals surface area (Å²) < 4.78 is 24.4. The number of halogens is 2. The fourth-order valence-electron chi connectivity index (χ4n) is 4.73. The van der Waals surface area contributed by atoms with Crippen molar-refractivity contribution in [1.29, 1.82) is 0 Å². The molecule has 0 spiro atoms. The van der Waals surface area contributed by atoms with Crippen molar-refractivity contribution in [3.8, 4) is 22.8 Å². The standard InChI is InChI=1S/C29H23BrClN3O8S/c1-5-41-28(36)25-14(2)32-29-33(26(25)18-12-22(39-3)23(40-4)13-19(18)30)27(35)24(43-29)11-16-7-9-21(42-16)17-8-6-15(31)10-20(17)34(37)38/h6-13,26H,5H2,1-4H3/b24-11-. The molecule has 0 saturated carbocycles. The number of hydrogen-bond acceptors (Lipinski definition) is 10. The van der Waals surface area contributed by atoms with Gasteiger partial charge in [0.05, 0.1) is 53.2 Å². The summed E-state index contributed by atoms with van der Waals surface area (Å²) in [7, 11) is 3.00. The van der Waals surface area contributed by atoms with E-state index in [0.717, 1.165) is 11.3 Å². The normalized spacial score (nSPS) is 14.7. The highest BCUT2D eigenvalue weighted by Crippen LogP contribution is 2.41. The number of rotatable bonds is 8. The number of methoxy groups -OCH3 is 2. The molecule has 1 aliphatic heterocycles. The van der Waals surface area contributed by atoms with Crippen LogP contribution in [0.3, 0.4) is 0 Å². The topological polar surface area (TPSA) is 135 Å². The molecule has 5 rings (SSSR count). The van der Waals surface area contributed by atoms with Crippen LogP contribution in [0.2, 0.25) is 5.02 Å². The smallest absolute Gasteiger partial charge is 0.338 e. The molecule has 4 aromatic rings. The van der Waals surface area contributed by atoms with Gasteiger partial charge in [0, 0.05) is 21.6 Å². The van der Waals surface area contributed by atoms with Gasteiger partial charge in [0.15, 0.2) is 16.3 Å². The molecule has 43 heavy (non-hydrogen) atoms. The van der Waals surface area contributed by atoms with Gasteiger partial charge >= 0.3 is 5.97 Å². The number of hydrogen-bond donors (Lipinski definition) is 0. The van der Waals surface area contributed by atoms with Crippen LogP contribution >= 0.6 is 38.9 Å². The van der Waals surface area contributed by atoms with E-state index in [1.54, 1.807) is 38.1 Å². The number of nitrogens with zero attached hydrogens (tertiary/aromatic N) is 3. The first-order valence-electron chi connectivity index (χ1n) is 12.7. The zero-order chi connectivity index (χ0) is 31.0. The van der Waals surface area contributed by atoms with Crippen LogP contribution in [0.4, 0.5) is 5.69 Å². The maximum absolute atomic E-state index is 14.0. The number of aromatic nitrogens is 1. The SMILES string of the molecule is CCOC(=O)C1=C(C)N=c2s/c(=C\c3ccc(-c4ccc(Cl)cc4[N+](=O)[O-])o3)c(=O)n2C1c1cc(OC)c(OC)cc1Br. The quantitative estimate of drug-likeness (QED) is 0.136. The van der Waals surface area contributed by atoms with Gasteiger partial charge in [-0.3, -0.25) is 19.5 Å². The molecule has 2 aromatic heterocycles. The lowest BCUT2D eigenvalue weighted by atomic mass is 9.95. The molecule has 0 radical (unpaired) electrons. The third kappa shape index (κ3) is 5.63. The lowest BCUT2D eigenvalue weighted by Crippen LogP contribution is -2.40. The third-order valence-corrected chi connectivity index (χ3v) is 8.54. The molecule has 11 nitrogen and oxygen atoms in total. The molecule has 222 valence electrons. The summed E-state index contributed by atoms with van der Waals surface area (Å²) in [6, 6.07) is 9.93. The molecular weight excluding hydrogens is 666 g/mol. The molecule has 1 aliphatic rings. The minimum atomic E-state index is -0.907. The molecule has 3 heterocycles. The predicted molar refractivity (Wildman–Crippen MR) is 163 cm³/mol. The van der Waals surface area contributed by atoms with Gasteiger partial charge in [-0.2, -0.15) is 0 Å². The molecule has 0 aliphatic carbocycles. The first-order valence-corrected chi connectivity index (χ1v) is 14.7. The van der Waals surface area contributed by atoms with Crippen molar-refractivity contribution in [3.63, 3.8) is 0 Å². The van der Waals surface area contributed by atoms with E-state index in [4.69, 9.17) is 30.2 Å². The Morgan fingerprint density at radius 1 is 1.21 bits per heavy atom. The Kier molecular flexibility index (Phi) is 8.58. The number of carbonyl (C=O) groups excluding carboxylic acids is 1. The number of esters is 1. The maximum Gasteiger partial charge on any atom is 0.338 e. The summed E-state index contributed by atoms with van der Waals surface area (Å²) in [5, 5.41) is 11.8. The number of nitro groups is 1. The number of nitro benzene ring substituents is 1. The van der Waals surface area contributed by atoms with Gasteiger partial charge in [0.2, 0.25) is 0 Å². The number of fused-ring (bicyclic) bond motifs is 1. The first kappa shape index (κ1) is 30.3. The summed E-state index contributed by atoms with van der Waals surface area (Å²) in [5.41, 5.74) is 0.745. The van der Waals surface area contributed by atoms with Crippen LogP contribution in [-0.4, -0.2) is 36.3 Å². The average Bonchev–Trinajstić information content (AvgIpc) is 3.56. The number of benzene rings is 2. The van der Waals surface area contributed by atoms with E-state index in [0.29, 0.717) is 32.0 Å². The van der Waals surface area contributed by atoms with Crippen molar-refractivity contribution in [3.05, 3.63) is 104 Å². The van der Waals surface area contributed by atoms with Crippen LogP contribution in [0.25, 0.3) is 17.4 Å². The van der Waals surface area contributed by atoms with Gasteiger partial charge in [0.25, 0.3) is 11.2 Å². The Bertz CT molecular complexity index is 1990. The second kappa shape index (κ2) is 12.2. The minimum absolute atomic E-state index is 0.131. The van der Waals surface area contributed by atoms with Gasteiger partial charge < -0.3 is 18.6 Å². The van der Waals surface area contributed by atoms with Gasteiger partial charge in [-0.25, -0.2) is 9.79 Å². The van der Waals surface area contributed by atoms with E-state index >= 15 is 0 Å². The molecule has 0 bridgehead atoms. The molecular formula is C29H23BrClN3O8S. The largest absolute Gasteiger partial charge is 0.493 e. The summed E-state index contributed by atoms with van der Waals surface area (Å²) in [6.45, 7) is 3.51. The zero-order valence-corrected chi connectivity index (χ0v) is 26.3. The molecule has 0 amide bonds. The Balaban J connectivity index is 1.68. The highest BCUT2D eigenvalue weighted by molar-refractivity contribution is 9.10. The van der Waals surface area contributed by atoms with Crippen LogP contribution < -0.4 is 24.4 Å². The van der Waals surface area contributed by atoms with Crippen molar-refractivity contribution in [1.82, 2.24) is 4.57 Å². The van der Waals surface area contributed by atoms with Crippen LogP contribution in [-0.2, 0) is 9.53 Å². The van der Waals surface area contributed by atoms with E-state index < -0.39 is 22.5 Å². The van der Waals surface area contributed by atoms with Crippen molar-refractivity contribution < 1.29 is 28.3 Å². The fourth-order valence-corrected chi connectivity index (χ4v) is 6.47. The first-order chi connectivity index (χ1) is 20.6. The Labute approximate surface area is 261 Å². The second-order valence-corrected chi connectivity index (χ2v) is 11.5. The highest BCUT2D eigenvalue weighted by Gasteiger charge is 2.35. The van der Waals surface area contributed by atoms with Gasteiger partial charge in [-0.1, -0.05) is 38.9 Å². The van der Waals surface area contributed by atoms with Gasteiger partial charge in [-0.15, -0.1) is 0 Å². The van der Waals surface area contributed by atoms with E-state index in [-0.39, 0.29) is 44.5 Å². The van der Waals surface area contributed by atoms with Crippen molar-refractivity contribution in [2.45, 2.75) is 19.9 Å². The minimum Gasteiger partial charge on any atom is -0.493 e. The summed E-state index contributed by atoms with van der Waals surface area (Å²) in [4.78, 5) is 43.2. The summed E-state index contributed by atoms with van der Waals surface area (Å²) in [6.07, 6.45) is 1.53. The highest BCUT2D eigenvalue weighted by atomic mass is 79.9. The van der Waals surface area contributed by atoms with Crippen molar-refractivity contribution in [2.75, 3.05) is 20.8 Å². The maximum atomic E-state index is 14.0. The Morgan fingerprint density at radius 2 is 1.93 bits per heavy atom. The zero-order valence-electron chi connectivity index (χ0n) is 23.2. The van der Waals surface area contributed by atoms with Crippen molar-refractivity contribution >= 4 is 56.6 Å². The van der Waals surface area contributed by atoms with Crippen LogP contribution in [0.15, 0.2) is 72.4 Å². The van der Waals surface area contributed by atoms with E-state index in [2.05, 4.69) is 20.9 Å². The van der Waals surface area contributed by atoms with Crippen molar-refractivity contribution in [2.24, 2.45) is 4.99 Å². The molecule has 0 N–H and O–H groups in total. The second-order valence-electron chi connectivity index (χ2n) is 9.15. The molecule has 2 aromatic carbocycles. The molecule has 0 saturated heterocycles. The number of thiazole rings is 1. The number of furan rings is 1. The van der Waals surface area contributed by atoms with Crippen LogP contribution in [0.5, 0.6) is 11.5 Å². The number of ether oxygens (including phenoxy) is 3. The number of carbonyl (C=O) groups is 1. The Morgan fingerprint density at radius 3 is 2.60 bits per heavy atom. The van der Waals surface area contributed by atoms with Crippen LogP contribution in [0.1, 0.15) is 31.2 Å². The predicted octanol–water partition coefficient (Wildman–Crippen LogP) is 5.40. The molecule has 1 atom stereocenters. The fraction of sp³-hybridized carbons (Fsp3) is 0.207. The summed E-state index contributed by atoms with van der Waals surface area (Å²) >= 11 is 10.6. The van der Waals surface area contributed by atoms with Gasteiger partial charge in [0.1, 0.15) is 11.5 Å². The third-order valence-electron chi connectivity index (χ3n) is 6.64. The summed E-state index contributed by atoms with van der Waals surface area (Å²) in [5.74, 6) is 0.771. The molecule has 14 heteroatoms. The monoisotopic (exact) mass is 687 g/mol. The Hall–Kier alpha value is -4.20. The lowest BCUT2D eigenvalue weighted by Gasteiger charge is -2.26.